The fourth-order valence-corrected chi connectivity index (χ4v) is 1.52. The Morgan fingerprint density at radius 1 is 1.11 bits per heavy atom. The molecule has 0 saturated carbocycles. The molecule has 19 heavy (non-hydrogen) atoms. The number of benzene rings is 1. The number of hydrogen-bond donors (Lipinski definition) is 1. The van der Waals surface area contributed by atoms with Gasteiger partial charge in [0.15, 0.2) is 0 Å². The van der Waals surface area contributed by atoms with E-state index in [1.54, 1.807) is 12.1 Å². The van der Waals surface area contributed by atoms with E-state index in [0.29, 0.717) is 17.8 Å². The van der Waals surface area contributed by atoms with Crippen LogP contribution in [0.3, 0.4) is 0 Å². The van der Waals surface area contributed by atoms with Gasteiger partial charge in [0.2, 0.25) is 0 Å². The van der Waals surface area contributed by atoms with Crippen molar-refractivity contribution >= 4 is 5.69 Å². The SMILES string of the molecule is Fc1cccc(CNc2ccc(C(F)(F)F)nc2)c1. The maximum absolute atomic E-state index is 12.9. The minimum Gasteiger partial charge on any atom is -0.380 e. The first kappa shape index (κ1) is 13.3. The molecule has 0 spiro atoms. The number of halogens is 4. The second kappa shape index (κ2) is 5.26. The van der Waals surface area contributed by atoms with Crippen LogP contribution in [0.25, 0.3) is 0 Å². The smallest absolute Gasteiger partial charge is 0.380 e. The number of rotatable bonds is 3. The van der Waals surface area contributed by atoms with Gasteiger partial charge in [-0.2, -0.15) is 13.2 Å². The van der Waals surface area contributed by atoms with Crippen LogP contribution in [0.1, 0.15) is 11.3 Å². The summed E-state index contributed by atoms with van der Waals surface area (Å²) in [6.45, 7) is 0.310. The van der Waals surface area contributed by atoms with E-state index >= 15 is 0 Å². The highest BCUT2D eigenvalue weighted by Crippen LogP contribution is 2.27. The molecule has 6 heteroatoms. The van der Waals surface area contributed by atoms with E-state index in [1.165, 1.54) is 18.2 Å². The third-order valence-electron chi connectivity index (χ3n) is 2.44. The van der Waals surface area contributed by atoms with Crippen LogP contribution < -0.4 is 5.32 Å². The van der Waals surface area contributed by atoms with Crippen LogP contribution in [0.5, 0.6) is 0 Å². The van der Waals surface area contributed by atoms with Crippen molar-refractivity contribution < 1.29 is 17.6 Å². The third-order valence-corrected chi connectivity index (χ3v) is 2.44. The molecule has 0 atom stereocenters. The van der Waals surface area contributed by atoms with Crippen molar-refractivity contribution in [3.8, 4) is 0 Å². The Balaban J connectivity index is 2.01. The van der Waals surface area contributed by atoms with Gasteiger partial charge in [0, 0.05) is 6.54 Å². The molecule has 0 aliphatic heterocycles. The van der Waals surface area contributed by atoms with E-state index in [1.807, 2.05) is 0 Å². The highest BCUT2D eigenvalue weighted by Gasteiger charge is 2.31. The molecule has 0 bridgehead atoms. The molecule has 0 unspecified atom stereocenters. The summed E-state index contributed by atoms with van der Waals surface area (Å²) >= 11 is 0. The quantitative estimate of drug-likeness (QED) is 0.857. The van der Waals surface area contributed by atoms with Crippen LogP contribution in [0, 0.1) is 5.82 Å². The molecular weight excluding hydrogens is 260 g/mol. The third kappa shape index (κ3) is 3.67. The van der Waals surface area contributed by atoms with Gasteiger partial charge < -0.3 is 5.32 Å². The van der Waals surface area contributed by atoms with E-state index in [2.05, 4.69) is 10.3 Å². The molecule has 1 N–H and O–H groups in total. The number of hydrogen-bond acceptors (Lipinski definition) is 2. The lowest BCUT2D eigenvalue weighted by Crippen LogP contribution is -2.08. The summed E-state index contributed by atoms with van der Waals surface area (Å²) in [6, 6.07) is 8.14. The van der Waals surface area contributed by atoms with Gasteiger partial charge in [-0.1, -0.05) is 12.1 Å². The number of aromatic nitrogens is 1. The van der Waals surface area contributed by atoms with E-state index < -0.39 is 11.9 Å². The summed E-state index contributed by atoms with van der Waals surface area (Å²) in [5.41, 5.74) is 0.195. The maximum Gasteiger partial charge on any atom is 0.433 e. The fourth-order valence-electron chi connectivity index (χ4n) is 1.52. The first-order chi connectivity index (χ1) is 8.95. The Morgan fingerprint density at radius 3 is 2.47 bits per heavy atom. The van der Waals surface area contributed by atoms with Crippen LogP contribution in [-0.2, 0) is 12.7 Å². The predicted octanol–water partition coefficient (Wildman–Crippen LogP) is 3.85. The van der Waals surface area contributed by atoms with Gasteiger partial charge in [-0.3, -0.25) is 0 Å². The Bertz CT molecular complexity index is 549. The molecule has 0 fully saturated rings. The summed E-state index contributed by atoms with van der Waals surface area (Å²) in [5, 5.41) is 2.87. The fraction of sp³-hybridized carbons (Fsp3) is 0.154. The summed E-state index contributed by atoms with van der Waals surface area (Å²) in [5.74, 6) is -0.357. The van der Waals surface area contributed by atoms with Crippen molar-refractivity contribution in [2.24, 2.45) is 0 Å². The van der Waals surface area contributed by atoms with E-state index in [0.717, 1.165) is 12.3 Å². The number of pyridine rings is 1. The van der Waals surface area contributed by atoms with Crippen LogP contribution in [0.2, 0.25) is 0 Å². The number of nitrogens with one attached hydrogen (secondary N) is 1. The van der Waals surface area contributed by atoms with Gasteiger partial charge in [0.05, 0.1) is 11.9 Å². The van der Waals surface area contributed by atoms with E-state index in [4.69, 9.17) is 0 Å². The number of anilines is 1. The number of alkyl halides is 3. The molecule has 1 aromatic heterocycles. The standard InChI is InChI=1S/C13H10F4N2/c14-10-3-1-2-9(6-10)7-18-11-4-5-12(19-8-11)13(15,16)17/h1-6,8,18H,7H2. The topological polar surface area (TPSA) is 24.9 Å². The van der Waals surface area contributed by atoms with Crippen LogP contribution in [0.4, 0.5) is 23.2 Å². The summed E-state index contributed by atoms with van der Waals surface area (Å²) < 4.78 is 49.8. The monoisotopic (exact) mass is 270 g/mol. The van der Waals surface area contributed by atoms with E-state index in [-0.39, 0.29) is 5.82 Å². The average molecular weight is 270 g/mol. The van der Waals surface area contributed by atoms with Gasteiger partial charge in [-0.05, 0) is 29.8 Å². The Kier molecular flexibility index (Phi) is 3.69. The molecule has 0 amide bonds. The lowest BCUT2D eigenvalue weighted by Gasteiger charge is -2.08. The molecule has 2 rings (SSSR count). The van der Waals surface area contributed by atoms with Crippen molar-refractivity contribution in [3.05, 3.63) is 59.7 Å². The predicted molar refractivity (Wildman–Crippen MR) is 63.0 cm³/mol. The zero-order valence-electron chi connectivity index (χ0n) is 9.71. The Labute approximate surface area is 107 Å². The maximum atomic E-state index is 12.9. The molecule has 0 aliphatic carbocycles. The summed E-state index contributed by atoms with van der Waals surface area (Å²) in [6.07, 6.45) is -3.34. The second-order valence-corrected chi connectivity index (χ2v) is 3.91. The largest absolute Gasteiger partial charge is 0.433 e. The van der Waals surface area contributed by atoms with Gasteiger partial charge in [-0.15, -0.1) is 0 Å². The second-order valence-electron chi connectivity index (χ2n) is 3.91. The van der Waals surface area contributed by atoms with Crippen molar-refractivity contribution in [3.63, 3.8) is 0 Å². The number of nitrogens with zero attached hydrogens (tertiary/aromatic N) is 1. The molecule has 1 aromatic carbocycles. The van der Waals surface area contributed by atoms with Crippen molar-refractivity contribution in [2.75, 3.05) is 5.32 Å². The zero-order valence-corrected chi connectivity index (χ0v) is 9.71. The van der Waals surface area contributed by atoms with Gasteiger partial charge in [0.1, 0.15) is 11.5 Å². The van der Waals surface area contributed by atoms with E-state index in [9.17, 15) is 17.6 Å². The Morgan fingerprint density at radius 2 is 1.89 bits per heavy atom. The average Bonchev–Trinajstić information content (AvgIpc) is 2.36. The van der Waals surface area contributed by atoms with Gasteiger partial charge in [-0.25, -0.2) is 9.37 Å². The van der Waals surface area contributed by atoms with Gasteiger partial charge >= 0.3 is 6.18 Å². The van der Waals surface area contributed by atoms with Crippen LogP contribution in [-0.4, -0.2) is 4.98 Å². The van der Waals surface area contributed by atoms with Crippen LogP contribution >= 0.6 is 0 Å². The molecule has 0 saturated heterocycles. The minimum absolute atomic E-state index is 0.310. The normalized spacial score (nSPS) is 11.4. The summed E-state index contributed by atoms with van der Waals surface area (Å²) in [4.78, 5) is 3.32. The van der Waals surface area contributed by atoms with Crippen molar-refractivity contribution in [2.45, 2.75) is 12.7 Å². The lowest BCUT2D eigenvalue weighted by molar-refractivity contribution is -0.141. The highest BCUT2D eigenvalue weighted by molar-refractivity contribution is 5.42. The van der Waals surface area contributed by atoms with Gasteiger partial charge in [0.25, 0.3) is 0 Å². The van der Waals surface area contributed by atoms with Crippen molar-refractivity contribution in [1.29, 1.82) is 0 Å². The molecule has 0 aliphatic rings. The summed E-state index contributed by atoms with van der Waals surface area (Å²) in [7, 11) is 0. The first-order valence-corrected chi connectivity index (χ1v) is 5.47. The highest BCUT2D eigenvalue weighted by atomic mass is 19.4. The molecule has 0 radical (unpaired) electrons. The Hall–Kier alpha value is -2.11. The zero-order chi connectivity index (χ0) is 13.9. The molecule has 2 aromatic rings. The lowest BCUT2D eigenvalue weighted by atomic mass is 10.2. The van der Waals surface area contributed by atoms with Crippen LogP contribution in [0.15, 0.2) is 42.6 Å². The first-order valence-electron chi connectivity index (χ1n) is 5.47. The molecule has 2 nitrogen and oxygen atoms in total. The molecule has 1 heterocycles. The molecular formula is C13H10F4N2. The molecule has 100 valence electrons. The van der Waals surface area contributed by atoms with Crippen molar-refractivity contribution in [1.82, 2.24) is 4.98 Å². The minimum atomic E-state index is -4.44.